The van der Waals surface area contributed by atoms with Crippen molar-refractivity contribution in [3.63, 3.8) is 0 Å². The number of para-hydroxylation sites is 1. The Labute approximate surface area is 131 Å². The van der Waals surface area contributed by atoms with Gasteiger partial charge in [-0.05, 0) is 30.3 Å². The normalized spacial score (nSPS) is 10.4. The van der Waals surface area contributed by atoms with Crippen LogP contribution in [0.3, 0.4) is 0 Å². The van der Waals surface area contributed by atoms with E-state index in [4.69, 9.17) is 16.3 Å². The van der Waals surface area contributed by atoms with E-state index in [0.717, 1.165) is 0 Å². The van der Waals surface area contributed by atoms with E-state index >= 15 is 0 Å². The van der Waals surface area contributed by atoms with Crippen LogP contribution in [0.15, 0.2) is 60.8 Å². The van der Waals surface area contributed by atoms with Crippen LogP contribution in [0, 0.1) is 0 Å². The number of aromatic carboxylic acids is 1. The van der Waals surface area contributed by atoms with E-state index in [-0.39, 0.29) is 11.4 Å². The summed E-state index contributed by atoms with van der Waals surface area (Å²) >= 11 is 5.94. The van der Waals surface area contributed by atoms with Gasteiger partial charge in [-0.3, -0.25) is 0 Å². The first-order chi connectivity index (χ1) is 10.6. The molecule has 0 atom stereocenters. The molecule has 0 spiro atoms. The summed E-state index contributed by atoms with van der Waals surface area (Å²) in [5, 5.41) is 14.1. The van der Waals surface area contributed by atoms with Crippen molar-refractivity contribution >= 4 is 17.6 Å². The highest BCUT2D eigenvalue weighted by Crippen LogP contribution is 2.27. The molecule has 2 aromatic carbocycles. The molecule has 0 bridgehead atoms. The fraction of sp³-hybridized carbons (Fsp3) is 0. The number of nitrogens with zero attached hydrogens (tertiary/aromatic N) is 2. The molecule has 3 rings (SSSR count). The van der Waals surface area contributed by atoms with Gasteiger partial charge in [-0.1, -0.05) is 35.9 Å². The predicted octanol–water partition coefficient (Wildman–Crippen LogP) is 4.02. The second-order valence-electron chi connectivity index (χ2n) is 4.47. The molecule has 0 radical (unpaired) electrons. The maximum absolute atomic E-state index is 11.6. The number of halogens is 1. The average molecular weight is 315 g/mol. The zero-order valence-electron chi connectivity index (χ0n) is 11.3. The predicted molar refractivity (Wildman–Crippen MR) is 82.0 cm³/mol. The summed E-state index contributed by atoms with van der Waals surface area (Å²) in [6, 6.07) is 15.7. The van der Waals surface area contributed by atoms with Gasteiger partial charge in [0.2, 0.25) is 0 Å². The van der Waals surface area contributed by atoms with Crippen LogP contribution in [0.25, 0.3) is 5.69 Å². The van der Waals surface area contributed by atoms with Gasteiger partial charge in [-0.2, -0.15) is 5.10 Å². The number of aromatic nitrogens is 2. The van der Waals surface area contributed by atoms with Crippen LogP contribution < -0.4 is 4.74 Å². The monoisotopic (exact) mass is 314 g/mol. The first-order valence-electron chi connectivity index (χ1n) is 6.45. The van der Waals surface area contributed by atoms with Crippen molar-refractivity contribution < 1.29 is 14.6 Å². The molecule has 0 aliphatic rings. The maximum atomic E-state index is 11.6. The summed E-state index contributed by atoms with van der Waals surface area (Å²) in [5.41, 5.74) is 0.485. The highest BCUT2D eigenvalue weighted by atomic mass is 35.5. The van der Waals surface area contributed by atoms with Crippen LogP contribution in [0.2, 0.25) is 5.02 Å². The highest BCUT2D eigenvalue weighted by molar-refractivity contribution is 6.30. The Morgan fingerprint density at radius 1 is 1.14 bits per heavy atom. The van der Waals surface area contributed by atoms with Gasteiger partial charge in [0.15, 0.2) is 11.4 Å². The molecule has 0 amide bonds. The minimum atomic E-state index is -1.14. The molecule has 0 saturated heterocycles. The van der Waals surface area contributed by atoms with E-state index in [9.17, 15) is 9.90 Å². The number of rotatable bonds is 4. The summed E-state index contributed by atoms with van der Waals surface area (Å²) in [6.07, 6.45) is 1.37. The molecule has 1 heterocycles. The summed E-state index contributed by atoms with van der Waals surface area (Å²) in [4.78, 5) is 11.6. The summed E-state index contributed by atoms with van der Waals surface area (Å²) in [7, 11) is 0. The topological polar surface area (TPSA) is 64.3 Å². The second kappa shape index (κ2) is 5.91. The fourth-order valence-corrected chi connectivity index (χ4v) is 2.21. The van der Waals surface area contributed by atoms with Crippen LogP contribution in [-0.4, -0.2) is 20.9 Å². The quantitative estimate of drug-likeness (QED) is 0.790. The third kappa shape index (κ3) is 2.80. The zero-order valence-corrected chi connectivity index (χ0v) is 12.1. The molecule has 22 heavy (non-hydrogen) atoms. The van der Waals surface area contributed by atoms with Gasteiger partial charge < -0.3 is 9.84 Å². The van der Waals surface area contributed by atoms with Gasteiger partial charge in [0.25, 0.3) is 0 Å². The summed E-state index contributed by atoms with van der Waals surface area (Å²) < 4.78 is 6.89. The fourth-order valence-electron chi connectivity index (χ4n) is 2.02. The van der Waals surface area contributed by atoms with E-state index < -0.39 is 5.97 Å². The lowest BCUT2D eigenvalue weighted by Gasteiger charge is -2.07. The third-order valence-electron chi connectivity index (χ3n) is 2.96. The number of hydrogen-bond donors (Lipinski definition) is 1. The van der Waals surface area contributed by atoms with Crippen LogP contribution in [0.4, 0.5) is 0 Å². The molecule has 0 aliphatic carbocycles. The number of ether oxygens (including phenoxy) is 1. The SMILES string of the molecule is O=C(O)c1c(Oc2ccccc2)cnn1-c1cccc(Cl)c1. The molecule has 5 nitrogen and oxygen atoms in total. The highest BCUT2D eigenvalue weighted by Gasteiger charge is 2.21. The van der Waals surface area contributed by atoms with Gasteiger partial charge >= 0.3 is 5.97 Å². The van der Waals surface area contributed by atoms with Crippen molar-refractivity contribution in [3.8, 4) is 17.2 Å². The molecule has 0 fully saturated rings. The van der Waals surface area contributed by atoms with Gasteiger partial charge in [0, 0.05) is 5.02 Å². The van der Waals surface area contributed by atoms with E-state index in [0.29, 0.717) is 16.5 Å². The molecule has 0 unspecified atom stereocenters. The first-order valence-corrected chi connectivity index (χ1v) is 6.83. The van der Waals surface area contributed by atoms with E-state index in [1.54, 1.807) is 48.5 Å². The van der Waals surface area contributed by atoms with Crippen molar-refractivity contribution in [2.75, 3.05) is 0 Å². The van der Waals surface area contributed by atoms with Crippen LogP contribution in [-0.2, 0) is 0 Å². The lowest BCUT2D eigenvalue weighted by atomic mass is 10.3. The number of carboxylic acids is 1. The van der Waals surface area contributed by atoms with Crippen LogP contribution in [0.5, 0.6) is 11.5 Å². The molecule has 6 heteroatoms. The largest absolute Gasteiger partial charge is 0.476 e. The van der Waals surface area contributed by atoms with E-state index in [2.05, 4.69) is 5.10 Å². The second-order valence-corrected chi connectivity index (χ2v) is 4.91. The molecule has 1 aromatic heterocycles. The van der Waals surface area contributed by atoms with E-state index in [1.807, 2.05) is 6.07 Å². The Balaban J connectivity index is 2.04. The van der Waals surface area contributed by atoms with Gasteiger partial charge in [0.1, 0.15) is 5.75 Å². The standard InChI is InChI=1S/C16H11ClN2O3/c17-11-5-4-6-12(9-11)19-15(16(20)21)14(10-18-19)22-13-7-2-1-3-8-13/h1-10H,(H,20,21). The molecular formula is C16H11ClN2O3. The van der Waals surface area contributed by atoms with Crippen molar-refractivity contribution in [1.29, 1.82) is 0 Å². The maximum Gasteiger partial charge on any atom is 0.358 e. The van der Waals surface area contributed by atoms with Gasteiger partial charge in [-0.25, -0.2) is 9.48 Å². The van der Waals surface area contributed by atoms with Gasteiger partial charge in [-0.15, -0.1) is 0 Å². The first kappa shape index (κ1) is 14.2. The smallest absolute Gasteiger partial charge is 0.358 e. The van der Waals surface area contributed by atoms with Crippen LogP contribution >= 0.6 is 11.6 Å². The van der Waals surface area contributed by atoms with Crippen molar-refractivity contribution in [2.24, 2.45) is 0 Å². The minimum absolute atomic E-state index is 0.0638. The van der Waals surface area contributed by atoms with Crippen molar-refractivity contribution in [3.05, 3.63) is 71.5 Å². The number of carbonyl (C=O) groups is 1. The molecule has 1 N–H and O–H groups in total. The van der Waals surface area contributed by atoms with Crippen LogP contribution in [0.1, 0.15) is 10.5 Å². The number of carboxylic acid groups (broad SMARTS) is 1. The summed E-state index contributed by atoms with van der Waals surface area (Å²) in [6.45, 7) is 0. The number of hydrogen-bond acceptors (Lipinski definition) is 3. The molecule has 3 aromatic rings. The lowest BCUT2D eigenvalue weighted by molar-refractivity contribution is 0.0684. The minimum Gasteiger partial charge on any atom is -0.476 e. The van der Waals surface area contributed by atoms with Crippen molar-refractivity contribution in [1.82, 2.24) is 9.78 Å². The zero-order chi connectivity index (χ0) is 15.5. The van der Waals surface area contributed by atoms with E-state index in [1.165, 1.54) is 10.9 Å². The molecule has 0 saturated carbocycles. The Bertz CT molecular complexity index is 815. The third-order valence-corrected chi connectivity index (χ3v) is 3.20. The Kier molecular flexibility index (Phi) is 3.80. The summed E-state index contributed by atoms with van der Waals surface area (Å²) in [5.74, 6) is -0.433. The number of benzene rings is 2. The Hall–Kier alpha value is -2.79. The average Bonchev–Trinajstić information content (AvgIpc) is 2.92. The molecular weight excluding hydrogens is 304 g/mol. The molecule has 0 aliphatic heterocycles. The molecule has 110 valence electrons. The lowest BCUT2D eigenvalue weighted by Crippen LogP contribution is -2.09. The van der Waals surface area contributed by atoms with Crippen molar-refractivity contribution in [2.45, 2.75) is 0 Å². The Morgan fingerprint density at radius 3 is 2.59 bits per heavy atom. The Morgan fingerprint density at radius 2 is 1.91 bits per heavy atom. The van der Waals surface area contributed by atoms with Gasteiger partial charge in [0.05, 0.1) is 11.9 Å².